The SMILES string of the molecule is CSCCCCCNC(=O)NC(C)C. The zero-order chi connectivity index (χ0) is 10.8. The van der Waals surface area contributed by atoms with Crippen molar-refractivity contribution in [1.82, 2.24) is 10.6 Å². The van der Waals surface area contributed by atoms with Gasteiger partial charge >= 0.3 is 6.03 Å². The van der Waals surface area contributed by atoms with Gasteiger partial charge in [-0.15, -0.1) is 0 Å². The number of amides is 2. The van der Waals surface area contributed by atoms with E-state index in [4.69, 9.17) is 0 Å². The molecule has 0 bridgehead atoms. The van der Waals surface area contributed by atoms with Crippen molar-refractivity contribution in [3.8, 4) is 0 Å². The molecule has 0 fully saturated rings. The molecule has 0 aromatic heterocycles. The lowest BCUT2D eigenvalue weighted by atomic mass is 10.2. The number of unbranched alkanes of at least 4 members (excludes halogenated alkanes) is 2. The maximum absolute atomic E-state index is 11.1. The van der Waals surface area contributed by atoms with Crippen LogP contribution in [-0.2, 0) is 0 Å². The van der Waals surface area contributed by atoms with Crippen LogP contribution in [0.1, 0.15) is 33.1 Å². The molecule has 0 aliphatic carbocycles. The zero-order valence-electron chi connectivity index (χ0n) is 9.43. The monoisotopic (exact) mass is 218 g/mol. The van der Waals surface area contributed by atoms with Crippen LogP contribution in [0.15, 0.2) is 0 Å². The number of rotatable bonds is 7. The Labute approximate surface area is 91.4 Å². The van der Waals surface area contributed by atoms with Crippen molar-refractivity contribution in [3.63, 3.8) is 0 Å². The van der Waals surface area contributed by atoms with Gasteiger partial charge in [-0.1, -0.05) is 6.42 Å². The highest BCUT2D eigenvalue weighted by atomic mass is 32.2. The summed E-state index contributed by atoms with van der Waals surface area (Å²) in [5.41, 5.74) is 0. The Morgan fingerprint density at radius 2 is 2.00 bits per heavy atom. The van der Waals surface area contributed by atoms with Crippen LogP contribution in [0, 0.1) is 0 Å². The second kappa shape index (κ2) is 9.19. The van der Waals surface area contributed by atoms with E-state index in [0.717, 1.165) is 13.0 Å². The van der Waals surface area contributed by atoms with Crippen molar-refractivity contribution in [3.05, 3.63) is 0 Å². The molecule has 4 heteroatoms. The van der Waals surface area contributed by atoms with Gasteiger partial charge < -0.3 is 10.6 Å². The van der Waals surface area contributed by atoms with Gasteiger partial charge in [-0.3, -0.25) is 0 Å². The van der Waals surface area contributed by atoms with E-state index < -0.39 is 0 Å². The van der Waals surface area contributed by atoms with E-state index in [9.17, 15) is 4.79 Å². The van der Waals surface area contributed by atoms with Gasteiger partial charge in [0.15, 0.2) is 0 Å². The van der Waals surface area contributed by atoms with E-state index in [1.54, 1.807) is 0 Å². The summed E-state index contributed by atoms with van der Waals surface area (Å²) in [4.78, 5) is 11.1. The highest BCUT2D eigenvalue weighted by Gasteiger charge is 2.00. The predicted octanol–water partition coefficient (Wildman–Crippen LogP) is 2.23. The Kier molecular flexibility index (Phi) is 8.94. The summed E-state index contributed by atoms with van der Waals surface area (Å²) in [6, 6.07) is 0.163. The first kappa shape index (κ1) is 13.6. The van der Waals surface area contributed by atoms with Crippen LogP contribution in [0.2, 0.25) is 0 Å². The normalized spacial score (nSPS) is 10.3. The maximum Gasteiger partial charge on any atom is 0.314 e. The fourth-order valence-corrected chi connectivity index (χ4v) is 1.56. The molecule has 0 unspecified atom stereocenters. The standard InChI is InChI=1S/C10H22N2OS/c1-9(2)12-10(13)11-7-5-4-6-8-14-3/h9H,4-8H2,1-3H3,(H2,11,12,13). The molecule has 2 N–H and O–H groups in total. The molecule has 0 radical (unpaired) electrons. The number of urea groups is 1. The third kappa shape index (κ3) is 9.71. The molecule has 0 aliphatic rings. The summed E-state index contributed by atoms with van der Waals surface area (Å²) in [5.74, 6) is 1.22. The van der Waals surface area contributed by atoms with Crippen LogP contribution >= 0.6 is 11.8 Å². The lowest BCUT2D eigenvalue weighted by Gasteiger charge is -2.09. The van der Waals surface area contributed by atoms with Gasteiger partial charge in [0.1, 0.15) is 0 Å². The van der Waals surface area contributed by atoms with Crippen molar-refractivity contribution in [2.45, 2.75) is 39.2 Å². The highest BCUT2D eigenvalue weighted by Crippen LogP contribution is 2.00. The number of carbonyl (C=O) groups excluding carboxylic acids is 1. The minimum Gasteiger partial charge on any atom is -0.338 e. The number of hydrogen-bond acceptors (Lipinski definition) is 2. The number of nitrogens with one attached hydrogen (secondary N) is 2. The summed E-state index contributed by atoms with van der Waals surface area (Å²) in [6.07, 6.45) is 5.64. The Balaban J connectivity index is 3.15. The van der Waals surface area contributed by atoms with Gasteiger partial charge in [0.2, 0.25) is 0 Å². The van der Waals surface area contributed by atoms with E-state index >= 15 is 0 Å². The van der Waals surface area contributed by atoms with Crippen molar-refractivity contribution in [2.24, 2.45) is 0 Å². The average molecular weight is 218 g/mol. The van der Waals surface area contributed by atoms with Crippen molar-refractivity contribution in [1.29, 1.82) is 0 Å². The van der Waals surface area contributed by atoms with Crippen LogP contribution < -0.4 is 10.6 Å². The summed E-state index contributed by atoms with van der Waals surface area (Å²) < 4.78 is 0. The second-order valence-electron chi connectivity index (χ2n) is 3.61. The molecule has 0 rings (SSSR count). The molecule has 0 aliphatic heterocycles. The first-order chi connectivity index (χ1) is 6.66. The van der Waals surface area contributed by atoms with E-state index in [2.05, 4.69) is 16.9 Å². The van der Waals surface area contributed by atoms with Crippen LogP contribution in [0.4, 0.5) is 4.79 Å². The number of thioether (sulfide) groups is 1. The summed E-state index contributed by atoms with van der Waals surface area (Å²) >= 11 is 1.87. The molecule has 84 valence electrons. The highest BCUT2D eigenvalue weighted by molar-refractivity contribution is 7.98. The third-order valence-corrected chi connectivity index (χ3v) is 2.43. The van der Waals surface area contributed by atoms with Gasteiger partial charge in [-0.2, -0.15) is 11.8 Å². The molecule has 2 amide bonds. The van der Waals surface area contributed by atoms with Gasteiger partial charge in [0.25, 0.3) is 0 Å². The van der Waals surface area contributed by atoms with E-state index in [-0.39, 0.29) is 12.1 Å². The molecule has 0 aromatic carbocycles. The lowest BCUT2D eigenvalue weighted by Crippen LogP contribution is -2.39. The van der Waals surface area contributed by atoms with E-state index in [1.165, 1.54) is 18.6 Å². The minimum atomic E-state index is -0.0510. The zero-order valence-corrected chi connectivity index (χ0v) is 10.2. The number of carbonyl (C=O) groups is 1. The molecule has 3 nitrogen and oxygen atoms in total. The topological polar surface area (TPSA) is 41.1 Å². The van der Waals surface area contributed by atoms with Crippen molar-refractivity contribution >= 4 is 17.8 Å². The van der Waals surface area contributed by atoms with Gasteiger partial charge in [-0.05, 0) is 38.7 Å². The van der Waals surface area contributed by atoms with Crippen LogP contribution in [-0.4, -0.2) is 30.6 Å². The average Bonchev–Trinajstić information content (AvgIpc) is 2.10. The van der Waals surface area contributed by atoms with E-state index in [0.29, 0.717) is 0 Å². The van der Waals surface area contributed by atoms with Crippen LogP contribution in [0.3, 0.4) is 0 Å². The second-order valence-corrected chi connectivity index (χ2v) is 4.59. The molecular formula is C10H22N2OS. The summed E-state index contributed by atoms with van der Waals surface area (Å²) in [5, 5.41) is 5.62. The smallest absolute Gasteiger partial charge is 0.314 e. The van der Waals surface area contributed by atoms with Crippen molar-refractivity contribution < 1.29 is 4.79 Å². The third-order valence-electron chi connectivity index (χ3n) is 1.73. The largest absolute Gasteiger partial charge is 0.338 e. The van der Waals surface area contributed by atoms with Crippen LogP contribution in [0.5, 0.6) is 0 Å². The Bertz CT molecular complexity index is 151. The van der Waals surface area contributed by atoms with Gasteiger partial charge in [0.05, 0.1) is 0 Å². The fraction of sp³-hybridized carbons (Fsp3) is 0.900. The van der Waals surface area contributed by atoms with Gasteiger partial charge in [0, 0.05) is 12.6 Å². The molecule has 0 saturated carbocycles. The molecule has 14 heavy (non-hydrogen) atoms. The minimum absolute atomic E-state index is 0.0510. The summed E-state index contributed by atoms with van der Waals surface area (Å²) in [7, 11) is 0. The fourth-order valence-electron chi connectivity index (χ4n) is 1.06. The van der Waals surface area contributed by atoms with Crippen molar-refractivity contribution in [2.75, 3.05) is 18.6 Å². The maximum atomic E-state index is 11.1. The van der Waals surface area contributed by atoms with Gasteiger partial charge in [-0.25, -0.2) is 4.79 Å². The molecular weight excluding hydrogens is 196 g/mol. The van der Waals surface area contributed by atoms with E-state index in [1.807, 2.05) is 25.6 Å². The number of hydrogen-bond donors (Lipinski definition) is 2. The Morgan fingerprint density at radius 3 is 2.57 bits per heavy atom. The van der Waals surface area contributed by atoms with Crippen LogP contribution in [0.25, 0.3) is 0 Å². The Hall–Kier alpha value is -0.380. The molecule has 0 saturated heterocycles. The Morgan fingerprint density at radius 1 is 1.29 bits per heavy atom. The summed E-state index contributed by atoms with van der Waals surface area (Å²) in [6.45, 7) is 4.70. The lowest BCUT2D eigenvalue weighted by molar-refractivity contribution is 0.238. The molecule has 0 atom stereocenters. The first-order valence-electron chi connectivity index (χ1n) is 5.20. The quantitative estimate of drug-likeness (QED) is 0.643. The predicted molar refractivity (Wildman–Crippen MR) is 63.9 cm³/mol. The first-order valence-corrected chi connectivity index (χ1v) is 6.59. The molecule has 0 aromatic rings. The molecule has 0 heterocycles. The molecule has 0 spiro atoms.